The number of halogens is 1. The molecule has 1 N–H and O–H groups in total. The Morgan fingerprint density at radius 3 is 2.80 bits per heavy atom. The molecule has 0 unspecified atom stereocenters. The zero-order chi connectivity index (χ0) is 14.9. The Balaban J connectivity index is 2.31. The standard InChI is InChI=1S/C14H17ClN2O3/c1-14(2,8-15)13(20)17-6-4-11-10(7-17)9(12(18)19)3-5-16-11/h3,5H,4,6-8H2,1-2H3,(H,18,19). The molecule has 0 bridgehead atoms. The molecule has 2 rings (SSSR count). The van der Waals surface area contributed by atoms with Gasteiger partial charge in [-0.2, -0.15) is 0 Å². The second-order valence-electron chi connectivity index (χ2n) is 5.58. The van der Waals surface area contributed by atoms with Gasteiger partial charge in [-0.05, 0) is 19.9 Å². The lowest BCUT2D eigenvalue weighted by molar-refractivity contribution is -0.140. The van der Waals surface area contributed by atoms with Crippen LogP contribution in [0.1, 0.15) is 35.5 Å². The molecule has 108 valence electrons. The van der Waals surface area contributed by atoms with E-state index in [4.69, 9.17) is 11.6 Å². The van der Waals surface area contributed by atoms with Crippen molar-refractivity contribution in [3.63, 3.8) is 0 Å². The molecule has 0 atom stereocenters. The maximum Gasteiger partial charge on any atom is 0.336 e. The number of rotatable bonds is 3. The molecule has 0 fully saturated rings. The molecule has 1 aliphatic heterocycles. The molecule has 0 spiro atoms. The summed E-state index contributed by atoms with van der Waals surface area (Å²) in [7, 11) is 0. The Hall–Kier alpha value is -1.62. The predicted molar refractivity (Wildman–Crippen MR) is 74.8 cm³/mol. The molecule has 2 heterocycles. The maximum absolute atomic E-state index is 12.4. The van der Waals surface area contributed by atoms with Crippen molar-refractivity contribution in [2.24, 2.45) is 5.41 Å². The maximum atomic E-state index is 12.4. The molecule has 0 radical (unpaired) electrons. The number of alkyl halides is 1. The van der Waals surface area contributed by atoms with E-state index in [0.29, 0.717) is 18.5 Å². The van der Waals surface area contributed by atoms with E-state index < -0.39 is 11.4 Å². The first-order valence-electron chi connectivity index (χ1n) is 6.42. The van der Waals surface area contributed by atoms with Crippen LogP contribution in [0.4, 0.5) is 0 Å². The molecular formula is C14H17ClN2O3. The van der Waals surface area contributed by atoms with Crippen LogP contribution in [0.25, 0.3) is 0 Å². The van der Waals surface area contributed by atoms with Crippen LogP contribution in [0.2, 0.25) is 0 Å². The van der Waals surface area contributed by atoms with Crippen LogP contribution in [0.3, 0.4) is 0 Å². The Bertz CT molecular complexity index is 557. The molecule has 1 aliphatic rings. The quantitative estimate of drug-likeness (QED) is 0.865. The van der Waals surface area contributed by atoms with Crippen LogP contribution >= 0.6 is 11.6 Å². The second kappa shape index (κ2) is 5.40. The van der Waals surface area contributed by atoms with Gasteiger partial charge in [0.1, 0.15) is 0 Å². The number of carboxylic acid groups (broad SMARTS) is 1. The molecule has 1 amide bonds. The number of aromatic carboxylic acids is 1. The van der Waals surface area contributed by atoms with Crippen LogP contribution < -0.4 is 0 Å². The van der Waals surface area contributed by atoms with Gasteiger partial charge in [-0.1, -0.05) is 0 Å². The molecule has 0 aliphatic carbocycles. The molecular weight excluding hydrogens is 280 g/mol. The van der Waals surface area contributed by atoms with Crippen molar-refractivity contribution in [3.05, 3.63) is 29.1 Å². The number of pyridine rings is 1. The molecule has 1 aromatic rings. The fraction of sp³-hybridized carbons (Fsp3) is 0.500. The van der Waals surface area contributed by atoms with Crippen LogP contribution in [-0.4, -0.2) is 39.3 Å². The highest BCUT2D eigenvalue weighted by molar-refractivity contribution is 6.19. The van der Waals surface area contributed by atoms with Gasteiger partial charge in [0.05, 0.1) is 11.0 Å². The van der Waals surface area contributed by atoms with Crippen LogP contribution in [0.5, 0.6) is 0 Å². The summed E-state index contributed by atoms with van der Waals surface area (Å²) in [4.78, 5) is 29.5. The van der Waals surface area contributed by atoms with Gasteiger partial charge in [-0.25, -0.2) is 4.79 Å². The Kier molecular flexibility index (Phi) is 3.99. The molecule has 5 nitrogen and oxygen atoms in total. The Morgan fingerprint density at radius 1 is 1.50 bits per heavy atom. The molecule has 0 aromatic carbocycles. The summed E-state index contributed by atoms with van der Waals surface area (Å²) in [6.45, 7) is 4.41. The number of amides is 1. The van der Waals surface area contributed by atoms with E-state index in [-0.39, 0.29) is 23.9 Å². The number of aromatic nitrogens is 1. The van der Waals surface area contributed by atoms with Gasteiger partial charge in [0.15, 0.2) is 0 Å². The average molecular weight is 297 g/mol. The Morgan fingerprint density at radius 2 is 2.20 bits per heavy atom. The smallest absolute Gasteiger partial charge is 0.336 e. The number of carbonyl (C=O) groups excluding carboxylic acids is 1. The monoisotopic (exact) mass is 296 g/mol. The van der Waals surface area contributed by atoms with Crippen molar-refractivity contribution >= 4 is 23.5 Å². The van der Waals surface area contributed by atoms with Crippen molar-refractivity contribution in [1.82, 2.24) is 9.88 Å². The molecule has 0 saturated heterocycles. The Labute approximate surface area is 122 Å². The number of carboxylic acids is 1. The number of hydrogen-bond donors (Lipinski definition) is 1. The van der Waals surface area contributed by atoms with Crippen molar-refractivity contribution < 1.29 is 14.7 Å². The third-order valence-electron chi connectivity index (χ3n) is 3.54. The predicted octanol–water partition coefficient (Wildman–Crippen LogP) is 1.93. The number of hydrogen-bond acceptors (Lipinski definition) is 3. The summed E-state index contributed by atoms with van der Waals surface area (Å²) >= 11 is 5.84. The third-order valence-corrected chi connectivity index (χ3v) is 4.21. The third kappa shape index (κ3) is 2.63. The van der Waals surface area contributed by atoms with Crippen molar-refractivity contribution in [3.8, 4) is 0 Å². The zero-order valence-corrected chi connectivity index (χ0v) is 12.3. The summed E-state index contributed by atoms with van der Waals surface area (Å²) in [5.41, 5.74) is 0.962. The minimum absolute atomic E-state index is 0.0571. The fourth-order valence-electron chi connectivity index (χ4n) is 2.30. The molecule has 20 heavy (non-hydrogen) atoms. The van der Waals surface area contributed by atoms with E-state index in [1.807, 2.05) is 0 Å². The summed E-state index contributed by atoms with van der Waals surface area (Å²) in [6.07, 6.45) is 2.07. The van der Waals surface area contributed by atoms with Crippen LogP contribution in [0, 0.1) is 5.41 Å². The molecule has 0 saturated carbocycles. The summed E-state index contributed by atoms with van der Waals surface area (Å²) in [5, 5.41) is 9.22. The van der Waals surface area contributed by atoms with Crippen LogP contribution in [-0.2, 0) is 17.8 Å². The largest absolute Gasteiger partial charge is 0.478 e. The number of carbonyl (C=O) groups is 2. The summed E-state index contributed by atoms with van der Waals surface area (Å²) in [6, 6.07) is 1.47. The lowest BCUT2D eigenvalue weighted by Gasteiger charge is -2.34. The minimum atomic E-state index is -0.991. The highest BCUT2D eigenvalue weighted by Gasteiger charge is 2.34. The SMILES string of the molecule is CC(C)(CCl)C(=O)N1CCc2nccc(C(=O)O)c2C1. The van der Waals surface area contributed by atoms with Crippen LogP contribution in [0.15, 0.2) is 12.3 Å². The van der Waals surface area contributed by atoms with Gasteiger partial charge in [0, 0.05) is 42.8 Å². The summed E-state index contributed by atoms with van der Waals surface area (Å²) in [5.74, 6) is -0.818. The van der Waals surface area contributed by atoms with Gasteiger partial charge in [0.2, 0.25) is 5.91 Å². The van der Waals surface area contributed by atoms with E-state index in [1.54, 1.807) is 18.7 Å². The van der Waals surface area contributed by atoms with Gasteiger partial charge in [0.25, 0.3) is 0 Å². The molecule has 1 aromatic heterocycles. The van der Waals surface area contributed by atoms with E-state index in [1.165, 1.54) is 12.3 Å². The second-order valence-corrected chi connectivity index (χ2v) is 5.85. The highest BCUT2D eigenvalue weighted by atomic mass is 35.5. The first-order valence-corrected chi connectivity index (χ1v) is 6.95. The lowest BCUT2D eigenvalue weighted by Crippen LogP contribution is -2.44. The number of nitrogens with zero attached hydrogens (tertiary/aromatic N) is 2. The van der Waals surface area contributed by atoms with Gasteiger partial charge >= 0.3 is 5.97 Å². The van der Waals surface area contributed by atoms with E-state index in [9.17, 15) is 14.7 Å². The van der Waals surface area contributed by atoms with E-state index in [2.05, 4.69) is 4.98 Å². The topological polar surface area (TPSA) is 70.5 Å². The zero-order valence-electron chi connectivity index (χ0n) is 11.5. The summed E-state index contributed by atoms with van der Waals surface area (Å²) < 4.78 is 0. The first-order chi connectivity index (χ1) is 9.36. The van der Waals surface area contributed by atoms with Gasteiger partial charge < -0.3 is 10.0 Å². The average Bonchev–Trinajstić information content (AvgIpc) is 2.45. The first kappa shape index (κ1) is 14.8. The number of fused-ring (bicyclic) bond motifs is 1. The van der Waals surface area contributed by atoms with Gasteiger partial charge in [-0.15, -0.1) is 11.6 Å². The lowest BCUT2D eigenvalue weighted by atomic mass is 9.92. The highest BCUT2D eigenvalue weighted by Crippen LogP contribution is 2.26. The van der Waals surface area contributed by atoms with E-state index in [0.717, 1.165) is 5.69 Å². The minimum Gasteiger partial charge on any atom is -0.478 e. The van der Waals surface area contributed by atoms with Gasteiger partial charge in [-0.3, -0.25) is 9.78 Å². The molecule has 6 heteroatoms. The normalized spacial score (nSPS) is 14.8. The van der Waals surface area contributed by atoms with Crippen molar-refractivity contribution in [2.75, 3.05) is 12.4 Å². The van der Waals surface area contributed by atoms with Crippen molar-refractivity contribution in [2.45, 2.75) is 26.8 Å². The van der Waals surface area contributed by atoms with E-state index >= 15 is 0 Å². The van der Waals surface area contributed by atoms with Crippen molar-refractivity contribution in [1.29, 1.82) is 0 Å². The fourth-order valence-corrected chi connectivity index (χ4v) is 2.41.